The van der Waals surface area contributed by atoms with Gasteiger partial charge < -0.3 is 11.1 Å². The van der Waals surface area contributed by atoms with Gasteiger partial charge in [-0.2, -0.15) is 13.2 Å². The average molecular weight is 294 g/mol. The van der Waals surface area contributed by atoms with E-state index < -0.39 is 17.6 Å². The van der Waals surface area contributed by atoms with Gasteiger partial charge in [0.1, 0.15) is 0 Å². The zero-order chi connectivity index (χ0) is 15.5. The highest BCUT2D eigenvalue weighted by Crippen LogP contribution is 2.34. The quantitative estimate of drug-likeness (QED) is 0.911. The van der Waals surface area contributed by atoms with Crippen LogP contribution >= 0.6 is 0 Å². The number of nitrogens with two attached hydrogens (primary N) is 1. The molecule has 0 saturated carbocycles. The van der Waals surface area contributed by atoms with E-state index in [9.17, 15) is 18.0 Å². The van der Waals surface area contributed by atoms with Gasteiger partial charge >= 0.3 is 6.18 Å². The van der Waals surface area contributed by atoms with E-state index in [1.807, 2.05) is 0 Å². The summed E-state index contributed by atoms with van der Waals surface area (Å²) in [4.78, 5) is 12.0. The number of amides is 1. The van der Waals surface area contributed by atoms with E-state index >= 15 is 0 Å². The molecule has 0 aromatic heterocycles. The van der Waals surface area contributed by atoms with Crippen molar-refractivity contribution in [3.8, 4) is 0 Å². The monoisotopic (exact) mass is 294 g/mol. The van der Waals surface area contributed by atoms with Crippen molar-refractivity contribution in [2.75, 3.05) is 5.32 Å². The number of carbonyl (C=O) groups is 1. The van der Waals surface area contributed by atoms with E-state index in [0.717, 1.165) is 11.6 Å². The van der Waals surface area contributed by atoms with Crippen molar-refractivity contribution in [2.24, 2.45) is 5.73 Å². The van der Waals surface area contributed by atoms with Gasteiger partial charge in [-0.25, -0.2) is 0 Å². The lowest BCUT2D eigenvalue weighted by Crippen LogP contribution is -2.16. The lowest BCUT2D eigenvalue weighted by atomic mass is 10.1. The minimum atomic E-state index is -4.52. The summed E-state index contributed by atoms with van der Waals surface area (Å²) in [6.45, 7) is 0.332. The van der Waals surface area contributed by atoms with Crippen molar-refractivity contribution in [2.45, 2.75) is 12.7 Å². The molecule has 0 bridgehead atoms. The van der Waals surface area contributed by atoms with Crippen molar-refractivity contribution in [3.63, 3.8) is 0 Å². The molecule has 0 aliphatic heterocycles. The molecule has 0 aliphatic carbocycles. The molecular weight excluding hydrogens is 281 g/mol. The van der Waals surface area contributed by atoms with E-state index in [1.165, 1.54) is 30.3 Å². The number of nitrogens with one attached hydrogen (secondary N) is 1. The first kappa shape index (κ1) is 15.1. The van der Waals surface area contributed by atoms with Crippen molar-refractivity contribution in [3.05, 3.63) is 65.2 Å². The SMILES string of the molecule is NCc1ccc(C(=O)Nc2ccccc2C(F)(F)F)cc1. The molecule has 2 rings (SSSR count). The number of hydrogen-bond donors (Lipinski definition) is 2. The summed E-state index contributed by atoms with van der Waals surface area (Å²) < 4.78 is 38.5. The second-order valence-electron chi connectivity index (χ2n) is 4.40. The van der Waals surface area contributed by atoms with Crippen LogP contribution in [-0.2, 0) is 12.7 Å². The molecule has 0 atom stereocenters. The summed E-state index contributed by atoms with van der Waals surface area (Å²) in [5, 5.41) is 2.28. The molecule has 21 heavy (non-hydrogen) atoms. The predicted octanol–water partition coefficient (Wildman–Crippen LogP) is 3.42. The fraction of sp³-hybridized carbons (Fsp3) is 0.133. The van der Waals surface area contributed by atoms with Crippen LogP contribution in [-0.4, -0.2) is 5.91 Å². The van der Waals surface area contributed by atoms with E-state index in [-0.39, 0.29) is 11.3 Å². The Morgan fingerprint density at radius 2 is 1.67 bits per heavy atom. The van der Waals surface area contributed by atoms with Crippen molar-refractivity contribution in [1.82, 2.24) is 0 Å². The minimum absolute atomic E-state index is 0.266. The maximum Gasteiger partial charge on any atom is 0.418 e. The van der Waals surface area contributed by atoms with E-state index in [1.54, 1.807) is 12.1 Å². The number of hydrogen-bond acceptors (Lipinski definition) is 2. The van der Waals surface area contributed by atoms with E-state index in [4.69, 9.17) is 5.73 Å². The van der Waals surface area contributed by atoms with Crippen LogP contribution in [0, 0.1) is 0 Å². The summed E-state index contributed by atoms with van der Waals surface area (Å²) in [5.74, 6) is -0.602. The maximum absolute atomic E-state index is 12.8. The molecule has 0 aliphatic rings. The number of alkyl halides is 3. The van der Waals surface area contributed by atoms with Gasteiger partial charge in [-0.1, -0.05) is 24.3 Å². The number of anilines is 1. The third kappa shape index (κ3) is 3.61. The summed E-state index contributed by atoms with van der Waals surface area (Å²) in [5.41, 5.74) is 5.40. The molecule has 3 N–H and O–H groups in total. The number of halogens is 3. The van der Waals surface area contributed by atoms with Crippen LogP contribution in [0.15, 0.2) is 48.5 Å². The molecule has 6 heteroatoms. The molecule has 0 unspecified atom stereocenters. The van der Waals surface area contributed by atoms with E-state index in [0.29, 0.717) is 6.54 Å². The second-order valence-corrected chi connectivity index (χ2v) is 4.40. The molecule has 0 saturated heterocycles. The highest BCUT2D eigenvalue weighted by atomic mass is 19.4. The highest BCUT2D eigenvalue weighted by Gasteiger charge is 2.33. The van der Waals surface area contributed by atoms with Crippen LogP contribution < -0.4 is 11.1 Å². The van der Waals surface area contributed by atoms with Crippen molar-refractivity contribution >= 4 is 11.6 Å². The Morgan fingerprint density at radius 1 is 1.05 bits per heavy atom. The molecule has 2 aromatic carbocycles. The van der Waals surface area contributed by atoms with Crippen LogP contribution in [0.5, 0.6) is 0 Å². The zero-order valence-corrected chi connectivity index (χ0v) is 10.9. The van der Waals surface area contributed by atoms with Gasteiger partial charge in [0, 0.05) is 12.1 Å². The molecule has 1 amide bonds. The Labute approximate surface area is 119 Å². The molecule has 0 radical (unpaired) electrons. The van der Waals surface area contributed by atoms with Gasteiger partial charge in [0.05, 0.1) is 11.3 Å². The number of benzene rings is 2. The van der Waals surface area contributed by atoms with Crippen LogP contribution in [0.3, 0.4) is 0 Å². The molecule has 110 valence electrons. The lowest BCUT2D eigenvalue weighted by molar-refractivity contribution is -0.136. The normalized spacial score (nSPS) is 11.2. The molecule has 0 heterocycles. The average Bonchev–Trinajstić information content (AvgIpc) is 2.47. The van der Waals surface area contributed by atoms with Crippen molar-refractivity contribution < 1.29 is 18.0 Å². The largest absolute Gasteiger partial charge is 0.418 e. The Hall–Kier alpha value is -2.34. The van der Waals surface area contributed by atoms with Gasteiger partial charge in [0.15, 0.2) is 0 Å². The van der Waals surface area contributed by atoms with Gasteiger partial charge in [0.2, 0.25) is 0 Å². The Morgan fingerprint density at radius 3 is 2.24 bits per heavy atom. The first-order valence-electron chi connectivity index (χ1n) is 6.18. The fourth-order valence-corrected chi connectivity index (χ4v) is 1.83. The Balaban J connectivity index is 2.23. The predicted molar refractivity (Wildman–Crippen MR) is 73.7 cm³/mol. The third-order valence-electron chi connectivity index (χ3n) is 2.93. The molecule has 0 fully saturated rings. The first-order valence-corrected chi connectivity index (χ1v) is 6.18. The Kier molecular flexibility index (Phi) is 4.28. The van der Waals surface area contributed by atoms with Gasteiger partial charge in [-0.3, -0.25) is 4.79 Å². The standard InChI is InChI=1S/C15H13F3N2O/c16-15(17,18)12-3-1-2-4-13(12)20-14(21)11-7-5-10(9-19)6-8-11/h1-8H,9,19H2,(H,20,21). The summed E-state index contributed by atoms with van der Waals surface area (Å²) in [6.07, 6.45) is -4.52. The summed E-state index contributed by atoms with van der Waals surface area (Å²) >= 11 is 0. The van der Waals surface area contributed by atoms with Gasteiger partial charge in [0.25, 0.3) is 5.91 Å². The van der Waals surface area contributed by atoms with Crippen LogP contribution in [0.25, 0.3) is 0 Å². The van der Waals surface area contributed by atoms with E-state index in [2.05, 4.69) is 5.32 Å². The molecular formula is C15H13F3N2O. The summed E-state index contributed by atoms with van der Waals surface area (Å²) in [6, 6.07) is 11.2. The van der Waals surface area contributed by atoms with Crippen molar-refractivity contribution in [1.29, 1.82) is 0 Å². The fourth-order valence-electron chi connectivity index (χ4n) is 1.83. The van der Waals surface area contributed by atoms with Crippen LogP contribution in [0.4, 0.5) is 18.9 Å². The summed E-state index contributed by atoms with van der Waals surface area (Å²) in [7, 11) is 0. The maximum atomic E-state index is 12.8. The Bertz CT molecular complexity index is 636. The number of carbonyl (C=O) groups excluding carboxylic acids is 1. The topological polar surface area (TPSA) is 55.1 Å². The smallest absolute Gasteiger partial charge is 0.326 e. The minimum Gasteiger partial charge on any atom is -0.326 e. The third-order valence-corrected chi connectivity index (χ3v) is 2.93. The highest BCUT2D eigenvalue weighted by molar-refractivity contribution is 6.04. The molecule has 2 aromatic rings. The number of para-hydroxylation sites is 1. The van der Waals surface area contributed by atoms with Gasteiger partial charge in [-0.05, 0) is 29.8 Å². The zero-order valence-electron chi connectivity index (χ0n) is 10.9. The van der Waals surface area contributed by atoms with Crippen LogP contribution in [0.1, 0.15) is 21.5 Å². The lowest BCUT2D eigenvalue weighted by Gasteiger charge is -2.13. The second kappa shape index (κ2) is 5.97. The first-order chi connectivity index (χ1) is 9.91. The van der Waals surface area contributed by atoms with Crippen LogP contribution in [0.2, 0.25) is 0 Å². The molecule has 0 spiro atoms. The number of rotatable bonds is 3. The molecule has 3 nitrogen and oxygen atoms in total. The van der Waals surface area contributed by atoms with Gasteiger partial charge in [-0.15, -0.1) is 0 Å².